The summed E-state index contributed by atoms with van der Waals surface area (Å²) >= 11 is 0. The number of halogens is 1. The van der Waals surface area contributed by atoms with Gasteiger partial charge < -0.3 is 5.32 Å². The van der Waals surface area contributed by atoms with Gasteiger partial charge in [0.2, 0.25) is 0 Å². The molecule has 1 atom stereocenters. The van der Waals surface area contributed by atoms with Gasteiger partial charge in [-0.05, 0) is 30.4 Å². The van der Waals surface area contributed by atoms with Crippen LogP contribution in [0.15, 0.2) is 18.3 Å². The largest absolute Gasteiger partial charge is 0.367 e. The second kappa shape index (κ2) is 3.80. The molecular weight excluding hydrogens is 191 g/mol. The lowest BCUT2D eigenvalue weighted by atomic mass is 9.87. The Morgan fingerprint density at radius 1 is 1.47 bits per heavy atom. The summed E-state index contributed by atoms with van der Waals surface area (Å²) in [6.45, 7) is 4.53. The highest BCUT2D eigenvalue weighted by atomic mass is 19.1. The number of anilines is 1. The fourth-order valence-electron chi connectivity index (χ4n) is 2.23. The second-order valence-electron chi connectivity index (χ2n) is 4.94. The Bertz CT molecular complexity index is 332. The van der Waals surface area contributed by atoms with E-state index in [1.54, 1.807) is 6.07 Å². The van der Waals surface area contributed by atoms with Gasteiger partial charge in [0.25, 0.3) is 0 Å². The predicted octanol–water partition coefficient (Wildman–Crippen LogP) is 3.21. The fourth-order valence-corrected chi connectivity index (χ4v) is 2.23. The monoisotopic (exact) mass is 208 g/mol. The molecule has 1 heterocycles. The number of nitrogens with one attached hydrogen (secondary N) is 1. The number of aromatic nitrogens is 1. The fraction of sp³-hybridized carbons (Fsp3) is 0.583. The average molecular weight is 208 g/mol. The molecular formula is C12H17FN2. The van der Waals surface area contributed by atoms with Crippen molar-refractivity contribution in [2.24, 2.45) is 5.41 Å². The van der Waals surface area contributed by atoms with Crippen LogP contribution < -0.4 is 5.32 Å². The van der Waals surface area contributed by atoms with Gasteiger partial charge >= 0.3 is 0 Å². The lowest BCUT2D eigenvalue weighted by molar-refractivity contribution is 0.349. The minimum absolute atomic E-state index is 0.286. The zero-order valence-electron chi connectivity index (χ0n) is 9.26. The van der Waals surface area contributed by atoms with Crippen LogP contribution in [0.1, 0.15) is 33.1 Å². The number of pyridine rings is 1. The molecule has 0 bridgehead atoms. The Kier molecular flexibility index (Phi) is 2.63. The molecule has 82 valence electrons. The van der Waals surface area contributed by atoms with Crippen LogP contribution in [0.25, 0.3) is 0 Å². The van der Waals surface area contributed by atoms with Crippen molar-refractivity contribution in [3.8, 4) is 0 Å². The van der Waals surface area contributed by atoms with Gasteiger partial charge in [0.1, 0.15) is 11.6 Å². The molecule has 1 aromatic heterocycles. The van der Waals surface area contributed by atoms with E-state index in [1.165, 1.54) is 31.5 Å². The molecule has 1 unspecified atom stereocenters. The van der Waals surface area contributed by atoms with Gasteiger partial charge in [0.05, 0.1) is 6.20 Å². The van der Waals surface area contributed by atoms with E-state index in [2.05, 4.69) is 24.1 Å². The van der Waals surface area contributed by atoms with Crippen molar-refractivity contribution in [3.05, 3.63) is 24.1 Å². The third-order valence-electron chi connectivity index (χ3n) is 3.31. The van der Waals surface area contributed by atoms with Crippen molar-refractivity contribution < 1.29 is 4.39 Å². The van der Waals surface area contributed by atoms with Crippen LogP contribution in [0, 0.1) is 11.2 Å². The molecule has 0 saturated heterocycles. The molecule has 0 radical (unpaired) electrons. The third-order valence-corrected chi connectivity index (χ3v) is 3.31. The number of hydrogen-bond acceptors (Lipinski definition) is 2. The van der Waals surface area contributed by atoms with E-state index < -0.39 is 0 Å². The van der Waals surface area contributed by atoms with Gasteiger partial charge in [-0.1, -0.05) is 20.3 Å². The summed E-state index contributed by atoms with van der Waals surface area (Å²) in [7, 11) is 0. The first-order chi connectivity index (χ1) is 7.08. The Morgan fingerprint density at radius 3 is 2.80 bits per heavy atom. The highest BCUT2D eigenvalue weighted by Crippen LogP contribution is 2.38. The van der Waals surface area contributed by atoms with Crippen molar-refractivity contribution in [2.45, 2.75) is 39.2 Å². The molecule has 0 amide bonds. The van der Waals surface area contributed by atoms with Crippen LogP contribution in [0.2, 0.25) is 0 Å². The first-order valence-electron chi connectivity index (χ1n) is 5.46. The molecule has 15 heavy (non-hydrogen) atoms. The average Bonchev–Trinajstić information content (AvgIpc) is 2.50. The molecule has 3 heteroatoms. The smallest absolute Gasteiger partial charge is 0.141 e. The SMILES string of the molecule is CC1(C)CCCC1Nc1ccc(F)cn1. The number of rotatable bonds is 2. The Hall–Kier alpha value is -1.12. The minimum Gasteiger partial charge on any atom is -0.367 e. The van der Waals surface area contributed by atoms with Crippen LogP contribution in [0.3, 0.4) is 0 Å². The molecule has 1 saturated carbocycles. The van der Waals surface area contributed by atoms with Gasteiger partial charge in [-0.2, -0.15) is 0 Å². The zero-order chi connectivity index (χ0) is 10.9. The number of nitrogens with zero attached hydrogens (tertiary/aromatic N) is 1. The van der Waals surface area contributed by atoms with E-state index in [1.807, 2.05) is 0 Å². The minimum atomic E-state index is -0.286. The summed E-state index contributed by atoms with van der Waals surface area (Å²) in [6.07, 6.45) is 4.92. The van der Waals surface area contributed by atoms with Crippen LogP contribution >= 0.6 is 0 Å². The first kappa shape index (κ1) is 10.4. The predicted molar refractivity (Wildman–Crippen MR) is 59.2 cm³/mol. The van der Waals surface area contributed by atoms with Crippen molar-refractivity contribution in [2.75, 3.05) is 5.32 Å². The summed E-state index contributed by atoms with van der Waals surface area (Å²) in [5, 5.41) is 3.38. The molecule has 2 rings (SSSR count). The lowest BCUT2D eigenvalue weighted by Gasteiger charge is -2.28. The van der Waals surface area contributed by atoms with E-state index >= 15 is 0 Å². The molecule has 1 N–H and O–H groups in total. The molecule has 1 aliphatic carbocycles. The summed E-state index contributed by atoms with van der Waals surface area (Å²) < 4.78 is 12.7. The Balaban J connectivity index is 2.06. The van der Waals surface area contributed by atoms with E-state index in [9.17, 15) is 4.39 Å². The van der Waals surface area contributed by atoms with Gasteiger partial charge in [-0.3, -0.25) is 0 Å². The molecule has 1 aromatic rings. The summed E-state index contributed by atoms with van der Waals surface area (Å²) in [5.74, 6) is 0.489. The highest BCUT2D eigenvalue weighted by Gasteiger charge is 2.34. The Morgan fingerprint density at radius 2 is 2.27 bits per heavy atom. The summed E-state index contributed by atoms with van der Waals surface area (Å²) in [4.78, 5) is 4.02. The maximum atomic E-state index is 12.7. The van der Waals surface area contributed by atoms with Crippen molar-refractivity contribution in [1.29, 1.82) is 0 Å². The maximum Gasteiger partial charge on any atom is 0.141 e. The summed E-state index contributed by atoms with van der Waals surface area (Å²) in [6, 6.07) is 3.59. The number of hydrogen-bond donors (Lipinski definition) is 1. The highest BCUT2D eigenvalue weighted by molar-refractivity contribution is 5.35. The van der Waals surface area contributed by atoms with Crippen LogP contribution in [0.5, 0.6) is 0 Å². The van der Waals surface area contributed by atoms with Gasteiger partial charge in [0, 0.05) is 6.04 Å². The quantitative estimate of drug-likeness (QED) is 0.807. The molecule has 0 spiro atoms. The van der Waals surface area contributed by atoms with Gasteiger partial charge in [-0.15, -0.1) is 0 Å². The van der Waals surface area contributed by atoms with E-state index in [0.29, 0.717) is 11.5 Å². The topological polar surface area (TPSA) is 24.9 Å². The van der Waals surface area contributed by atoms with Crippen molar-refractivity contribution in [3.63, 3.8) is 0 Å². The van der Waals surface area contributed by atoms with E-state index in [0.717, 1.165) is 5.82 Å². The van der Waals surface area contributed by atoms with Crippen molar-refractivity contribution >= 4 is 5.82 Å². The van der Waals surface area contributed by atoms with Crippen LogP contribution in [-0.4, -0.2) is 11.0 Å². The molecule has 0 aliphatic heterocycles. The molecule has 0 aromatic carbocycles. The zero-order valence-corrected chi connectivity index (χ0v) is 9.26. The third kappa shape index (κ3) is 2.28. The maximum absolute atomic E-state index is 12.7. The first-order valence-corrected chi connectivity index (χ1v) is 5.46. The van der Waals surface area contributed by atoms with E-state index in [4.69, 9.17) is 0 Å². The van der Waals surface area contributed by atoms with Crippen LogP contribution in [0.4, 0.5) is 10.2 Å². The Labute approximate surface area is 89.9 Å². The summed E-state index contributed by atoms with van der Waals surface area (Å²) in [5.41, 5.74) is 0.316. The second-order valence-corrected chi connectivity index (χ2v) is 4.94. The molecule has 1 fully saturated rings. The lowest BCUT2D eigenvalue weighted by Crippen LogP contribution is -2.31. The van der Waals surface area contributed by atoms with E-state index in [-0.39, 0.29) is 5.82 Å². The molecule has 1 aliphatic rings. The standard InChI is InChI=1S/C12H17FN2/c1-12(2)7-3-4-10(12)15-11-6-5-9(13)8-14-11/h5-6,8,10H,3-4,7H2,1-2H3,(H,14,15). The van der Waals surface area contributed by atoms with Crippen LogP contribution in [-0.2, 0) is 0 Å². The normalized spacial score (nSPS) is 24.1. The van der Waals surface area contributed by atoms with Gasteiger partial charge in [-0.25, -0.2) is 9.37 Å². The molecule has 2 nitrogen and oxygen atoms in total. The van der Waals surface area contributed by atoms with Crippen molar-refractivity contribution in [1.82, 2.24) is 4.98 Å². The van der Waals surface area contributed by atoms with Gasteiger partial charge in [0.15, 0.2) is 0 Å².